The van der Waals surface area contributed by atoms with Crippen LogP contribution in [0.4, 0.5) is 5.69 Å². The molecule has 4 rings (SSSR count). The van der Waals surface area contributed by atoms with Crippen LogP contribution >= 0.6 is 34.3 Å². The Morgan fingerprint density at radius 3 is 2.94 bits per heavy atom. The highest BCUT2D eigenvalue weighted by Crippen LogP contribution is 2.24. The van der Waals surface area contributed by atoms with Gasteiger partial charge >= 0.3 is 5.97 Å². The number of nitrogens with one attached hydrogen (secondary N) is 1. The quantitative estimate of drug-likeness (QED) is 0.291. The number of rotatable bonds is 8. The van der Waals surface area contributed by atoms with E-state index in [0.29, 0.717) is 33.0 Å². The first kappa shape index (κ1) is 22.0. The third-order valence-electron chi connectivity index (χ3n) is 4.29. The Morgan fingerprint density at radius 2 is 2.09 bits per heavy atom. The molecule has 0 saturated heterocycles. The molecule has 0 aliphatic heterocycles. The van der Waals surface area contributed by atoms with Gasteiger partial charge in [0.15, 0.2) is 10.1 Å². The van der Waals surface area contributed by atoms with E-state index in [1.54, 1.807) is 35.1 Å². The lowest BCUT2D eigenvalue weighted by molar-refractivity contribution is -0.139. The molecule has 0 saturated carbocycles. The third-order valence-corrected chi connectivity index (χ3v) is 6.22. The molecule has 8 nitrogen and oxygen atoms in total. The molecule has 0 aliphatic rings. The molecule has 0 spiro atoms. The van der Waals surface area contributed by atoms with E-state index >= 15 is 0 Å². The summed E-state index contributed by atoms with van der Waals surface area (Å²) in [6, 6.07) is 7.17. The Labute approximate surface area is 196 Å². The molecule has 3 heterocycles. The van der Waals surface area contributed by atoms with E-state index in [4.69, 9.17) is 21.1 Å². The number of hydrogen-bond acceptors (Lipinski definition) is 8. The zero-order valence-electron chi connectivity index (χ0n) is 16.8. The van der Waals surface area contributed by atoms with Gasteiger partial charge in [-0.25, -0.2) is 14.8 Å². The van der Waals surface area contributed by atoms with Crippen molar-refractivity contribution in [1.29, 1.82) is 0 Å². The van der Waals surface area contributed by atoms with Gasteiger partial charge in [-0.05, 0) is 18.2 Å². The molecule has 0 aliphatic carbocycles. The van der Waals surface area contributed by atoms with Crippen molar-refractivity contribution < 1.29 is 19.1 Å². The van der Waals surface area contributed by atoms with Crippen LogP contribution in [0.25, 0.3) is 11.0 Å². The maximum Gasteiger partial charge on any atom is 0.331 e. The van der Waals surface area contributed by atoms with Crippen LogP contribution in [-0.4, -0.2) is 33.4 Å². The van der Waals surface area contributed by atoms with Crippen LogP contribution in [0.1, 0.15) is 16.4 Å². The van der Waals surface area contributed by atoms with Crippen molar-refractivity contribution in [1.82, 2.24) is 14.4 Å². The van der Waals surface area contributed by atoms with E-state index in [0.717, 1.165) is 4.96 Å². The SMILES string of the molecule is COc1ccccc1NC(=O)Cc1nc(COC(=O)/C=C\c2c(Cl)nc3sccn23)cs1. The fourth-order valence-corrected chi connectivity index (χ4v) is 4.62. The number of thiazole rings is 2. The van der Waals surface area contributed by atoms with Crippen LogP contribution in [0.15, 0.2) is 47.3 Å². The number of ether oxygens (including phenoxy) is 2. The predicted octanol–water partition coefficient (Wildman–Crippen LogP) is 4.45. The first-order valence-electron chi connectivity index (χ1n) is 9.35. The largest absolute Gasteiger partial charge is 0.495 e. The van der Waals surface area contributed by atoms with Gasteiger partial charge in [0.25, 0.3) is 0 Å². The monoisotopic (exact) mass is 488 g/mol. The summed E-state index contributed by atoms with van der Waals surface area (Å²) >= 11 is 8.87. The van der Waals surface area contributed by atoms with Gasteiger partial charge in [-0.3, -0.25) is 9.20 Å². The molecular weight excluding hydrogens is 472 g/mol. The fourth-order valence-electron chi connectivity index (χ4n) is 2.84. The molecule has 4 aromatic rings. The molecule has 0 unspecified atom stereocenters. The van der Waals surface area contributed by atoms with Gasteiger partial charge in [-0.15, -0.1) is 22.7 Å². The molecule has 164 valence electrons. The minimum atomic E-state index is -0.533. The number of fused-ring (bicyclic) bond motifs is 1. The van der Waals surface area contributed by atoms with Gasteiger partial charge in [0.05, 0.1) is 30.6 Å². The first-order chi connectivity index (χ1) is 15.5. The maximum absolute atomic E-state index is 12.3. The summed E-state index contributed by atoms with van der Waals surface area (Å²) < 4.78 is 12.3. The molecule has 1 N–H and O–H groups in total. The standard InChI is InChI=1S/C21H17ClN4O4S2/c1-29-16-5-3-2-4-14(16)24-17(27)10-18-23-13(12-32-18)11-30-19(28)7-6-15-20(22)25-21-26(15)8-9-31-21/h2-9,12H,10-11H2,1H3,(H,24,27)/b7-6-. The molecule has 32 heavy (non-hydrogen) atoms. The summed E-state index contributed by atoms with van der Waals surface area (Å²) in [7, 11) is 1.54. The number of carbonyl (C=O) groups is 2. The number of amides is 1. The maximum atomic E-state index is 12.3. The van der Waals surface area contributed by atoms with E-state index < -0.39 is 5.97 Å². The Kier molecular flexibility index (Phi) is 6.84. The number of esters is 1. The van der Waals surface area contributed by atoms with Gasteiger partial charge in [0.2, 0.25) is 5.91 Å². The number of nitrogens with zero attached hydrogens (tertiary/aromatic N) is 3. The molecule has 1 aromatic carbocycles. The van der Waals surface area contributed by atoms with Gasteiger partial charge in [0, 0.05) is 23.0 Å². The lowest BCUT2D eigenvalue weighted by atomic mass is 10.3. The van der Waals surface area contributed by atoms with Crippen LogP contribution in [0, 0.1) is 0 Å². The zero-order valence-corrected chi connectivity index (χ0v) is 19.2. The summed E-state index contributed by atoms with van der Waals surface area (Å²) in [5, 5.41) is 7.37. The van der Waals surface area contributed by atoms with Gasteiger partial charge in [-0.1, -0.05) is 23.7 Å². The van der Waals surface area contributed by atoms with E-state index in [2.05, 4.69) is 15.3 Å². The Hall–Kier alpha value is -3.21. The molecule has 0 atom stereocenters. The fraction of sp³-hybridized carbons (Fsp3) is 0.143. The average molecular weight is 489 g/mol. The number of benzene rings is 1. The van der Waals surface area contributed by atoms with Crippen molar-refractivity contribution in [2.24, 2.45) is 0 Å². The lowest BCUT2D eigenvalue weighted by Gasteiger charge is -2.08. The van der Waals surface area contributed by atoms with Crippen LogP contribution < -0.4 is 10.1 Å². The first-order valence-corrected chi connectivity index (χ1v) is 11.5. The number of para-hydroxylation sites is 2. The summed E-state index contributed by atoms with van der Waals surface area (Å²) in [6.45, 7) is 0.00178. The van der Waals surface area contributed by atoms with Gasteiger partial charge in [-0.2, -0.15) is 0 Å². The van der Waals surface area contributed by atoms with Crippen molar-refractivity contribution in [2.45, 2.75) is 13.0 Å². The predicted molar refractivity (Wildman–Crippen MR) is 124 cm³/mol. The number of imidazole rings is 1. The van der Waals surface area contributed by atoms with Crippen LogP contribution in [0.2, 0.25) is 5.15 Å². The molecular formula is C21H17ClN4O4S2. The van der Waals surface area contributed by atoms with E-state index in [1.165, 1.54) is 28.7 Å². The van der Waals surface area contributed by atoms with Gasteiger partial charge in [0.1, 0.15) is 17.4 Å². The second-order valence-corrected chi connectivity index (χ2v) is 8.62. The number of hydrogen-bond donors (Lipinski definition) is 1. The van der Waals surface area contributed by atoms with Crippen LogP contribution in [0.3, 0.4) is 0 Å². The number of carbonyl (C=O) groups excluding carboxylic acids is 2. The molecule has 3 aromatic heterocycles. The van der Waals surface area contributed by atoms with E-state index in [1.807, 2.05) is 23.7 Å². The Balaban J connectivity index is 1.29. The van der Waals surface area contributed by atoms with Crippen molar-refractivity contribution in [2.75, 3.05) is 12.4 Å². The van der Waals surface area contributed by atoms with Gasteiger partial charge < -0.3 is 14.8 Å². The highest BCUT2D eigenvalue weighted by atomic mass is 35.5. The minimum Gasteiger partial charge on any atom is -0.495 e. The minimum absolute atomic E-state index is 0.00178. The summed E-state index contributed by atoms with van der Waals surface area (Å²) in [6.07, 6.45) is 4.78. The van der Waals surface area contributed by atoms with Crippen molar-refractivity contribution in [3.05, 3.63) is 68.8 Å². The van der Waals surface area contributed by atoms with Crippen LogP contribution in [-0.2, 0) is 27.4 Å². The molecule has 11 heteroatoms. The molecule has 0 fully saturated rings. The summed E-state index contributed by atoms with van der Waals surface area (Å²) in [4.78, 5) is 33.7. The normalized spacial score (nSPS) is 11.2. The van der Waals surface area contributed by atoms with E-state index in [9.17, 15) is 9.59 Å². The summed E-state index contributed by atoms with van der Waals surface area (Å²) in [5.74, 6) is -0.167. The molecule has 1 amide bonds. The second kappa shape index (κ2) is 9.94. The second-order valence-electron chi connectivity index (χ2n) is 6.44. The number of halogens is 1. The smallest absolute Gasteiger partial charge is 0.331 e. The van der Waals surface area contributed by atoms with E-state index in [-0.39, 0.29) is 18.9 Å². The van der Waals surface area contributed by atoms with Crippen molar-refractivity contribution in [3.63, 3.8) is 0 Å². The van der Waals surface area contributed by atoms with Crippen molar-refractivity contribution in [3.8, 4) is 5.75 Å². The number of methoxy groups -OCH3 is 1. The average Bonchev–Trinajstić information content (AvgIpc) is 3.48. The number of aromatic nitrogens is 3. The third kappa shape index (κ3) is 5.16. The molecule has 0 bridgehead atoms. The Bertz CT molecular complexity index is 1290. The summed E-state index contributed by atoms with van der Waals surface area (Å²) in [5.41, 5.74) is 1.77. The Morgan fingerprint density at radius 1 is 1.25 bits per heavy atom. The zero-order chi connectivity index (χ0) is 22.5. The highest BCUT2D eigenvalue weighted by Gasteiger charge is 2.12. The van der Waals surface area contributed by atoms with Crippen LogP contribution in [0.5, 0.6) is 5.75 Å². The number of anilines is 1. The topological polar surface area (TPSA) is 94.8 Å². The van der Waals surface area contributed by atoms with Crippen molar-refractivity contribution >= 4 is 62.9 Å². The lowest BCUT2D eigenvalue weighted by Crippen LogP contribution is -2.15. The highest BCUT2D eigenvalue weighted by molar-refractivity contribution is 7.15. The molecule has 0 radical (unpaired) electrons.